The molecule has 0 saturated heterocycles. The Morgan fingerprint density at radius 3 is 1.66 bits per heavy atom. The van der Waals surface area contributed by atoms with Crippen molar-refractivity contribution in [3.63, 3.8) is 0 Å². The van der Waals surface area contributed by atoms with Crippen LogP contribution in [0.3, 0.4) is 0 Å². The highest BCUT2D eigenvalue weighted by Gasteiger charge is 2.48. The van der Waals surface area contributed by atoms with Gasteiger partial charge in [-0.1, -0.05) is 179 Å². The molecule has 3 aliphatic rings. The van der Waals surface area contributed by atoms with E-state index in [0.717, 1.165) is 12.8 Å². The number of hydrogen-bond acceptors (Lipinski definition) is 2. The number of hydrogen-bond donors (Lipinski definition) is 0. The van der Waals surface area contributed by atoms with Gasteiger partial charge in [-0.2, -0.15) is 0 Å². The Hall–Kier alpha value is -7.10. The fourth-order valence-corrected chi connectivity index (χ4v) is 11.2. The summed E-state index contributed by atoms with van der Waals surface area (Å²) < 4.78 is 0. The van der Waals surface area contributed by atoms with Crippen LogP contribution in [0.15, 0.2) is 194 Å². The highest BCUT2D eigenvalue weighted by atomic mass is 15.2. The minimum atomic E-state index is -0.0962. The zero-order valence-corrected chi connectivity index (χ0v) is 37.4. The molecule has 3 heteroatoms. The lowest BCUT2D eigenvalue weighted by Gasteiger charge is -2.49. The number of rotatable bonds is 5. The number of nitrogens with zero attached hydrogens (tertiary/aromatic N) is 2. The second-order valence-corrected chi connectivity index (χ2v) is 19.6. The van der Waals surface area contributed by atoms with E-state index in [-0.39, 0.29) is 17.7 Å². The zero-order valence-electron chi connectivity index (χ0n) is 37.4. The lowest BCUT2D eigenvalue weighted by atomic mass is 9.42. The first-order chi connectivity index (χ1) is 31.1. The first-order valence-electron chi connectivity index (χ1n) is 23.0. The molecule has 0 saturated carbocycles. The topological polar surface area (TPSA) is 6.48 Å². The minimum absolute atomic E-state index is 0.0227. The highest BCUT2D eigenvalue weighted by Crippen LogP contribution is 2.53. The molecule has 2 aliphatic heterocycles. The van der Waals surface area contributed by atoms with Crippen LogP contribution in [-0.2, 0) is 10.8 Å². The summed E-state index contributed by atoms with van der Waals surface area (Å²) in [6, 6.07) is 73.0. The van der Waals surface area contributed by atoms with Gasteiger partial charge in [0.05, 0.1) is 0 Å². The third-order valence-corrected chi connectivity index (χ3v) is 14.8. The second kappa shape index (κ2) is 14.5. The van der Waals surface area contributed by atoms with Crippen LogP contribution in [0, 0.1) is 6.92 Å². The SMILES string of the molecule is Cc1ccc(-c2ccccc2)cc1N1c2cc3c(cc2B2c4c(cc(-c5ccccc5)cc41)-c1c(ccc4ccccc14)N2c1ccc(-c2ccccc2)cc1)C(C)(C)CCC3(C)C. The van der Waals surface area contributed by atoms with E-state index >= 15 is 0 Å². The maximum Gasteiger partial charge on any atom is 0.333 e. The quantitative estimate of drug-likeness (QED) is 0.160. The molecule has 0 spiro atoms. The average molecular weight is 823 g/mol. The molecule has 0 atom stereocenters. The molecule has 0 radical (unpaired) electrons. The summed E-state index contributed by atoms with van der Waals surface area (Å²) in [5.74, 6) is 0. The van der Waals surface area contributed by atoms with Crippen molar-refractivity contribution in [2.45, 2.75) is 58.3 Å². The predicted molar refractivity (Wildman–Crippen MR) is 274 cm³/mol. The van der Waals surface area contributed by atoms with Crippen LogP contribution in [0.4, 0.5) is 28.4 Å². The van der Waals surface area contributed by atoms with Crippen LogP contribution in [0.5, 0.6) is 0 Å². The Kier molecular flexibility index (Phi) is 8.72. The molecule has 308 valence electrons. The van der Waals surface area contributed by atoms with Crippen molar-refractivity contribution in [2.24, 2.45) is 0 Å². The van der Waals surface area contributed by atoms with Crippen LogP contribution >= 0.6 is 0 Å². The Balaban J connectivity index is 1.22. The van der Waals surface area contributed by atoms with E-state index in [1.165, 1.54) is 111 Å². The van der Waals surface area contributed by atoms with Gasteiger partial charge >= 0.3 is 6.85 Å². The van der Waals surface area contributed by atoms with Crippen molar-refractivity contribution in [3.8, 4) is 44.5 Å². The molecule has 2 nitrogen and oxygen atoms in total. The molecular formula is C61H51BN2. The smallest absolute Gasteiger partial charge is 0.333 e. The Morgan fingerprint density at radius 2 is 0.984 bits per heavy atom. The van der Waals surface area contributed by atoms with E-state index in [1.54, 1.807) is 0 Å². The summed E-state index contributed by atoms with van der Waals surface area (Å²) in [4.78, 5) is 5.34. The van der Waals surface area contributed by atoms with Crippen LogP contribution in [0.25, 0.3) is 55.3 Å². The molecule has 0 N–H and O–H groups in total. The normalized spacial score (nSPS) is 15.3. The van der Waals surface area contributed by atoms with Gasteiger partial charge in [0.15, 0.2) is 0 Å². The second-order valence-electron chi connectivity index (χ2n) is 19.6. The first kappa shape index (κ1) is 38.6. The van der Waals surface area contributed by atoms with Gasteiger partial charge in [-0.3, -0.25) is 0 Å². The fourth-order valence-electron chi connectivity index (χ4n) is 11.2. The molecule has 0 unspecified atom stereocenters. The van der Waals surface area contributed by atoms with E-state index in [4.69, 9.17) is 0 Å². The molecule has 64 heavy (non-hydrogen) atoms. The van der Waals surface area contributed by atoms with E-state index in [1.807, 2.05) is 0 Å². The summed E-state index contributed by atoms with van der Waals surface area (Å²) in [5.41, 5.74) is 23.0. The highest BCUT2D eigenvalue weighted by molar-refractivity contribution is 6.93. The van der Waals surface area contributed by atoms with Crippen molar-refractivity contribution < 1.29 is 0 Å². The lowest BCUT2D eigenvalue weighted by molar-refractivity contribution is 0.332. The van der Waals surface area contributed by atoms with Gasteiger partial charge < -0.3 is 9.71 Å². The molecule has 0 fully saturated rings. The lowest BCUT2D eigenvalue weighted by Crippen LogP contribution is -2.62. The van der Waals surface area contributed by atoms with Gasteiger partial charge in [-0.05, 0) is 150 Å². The van der Waals surface area contributed by atoms with E-state index in [9.17, 15) is 0 Å². The molecular weight excluding hydrogens is 771 g/mol. The third-order valence-electron chi connectivity index (χ3n) is 14.8. The summed E-state index contributed by atoms with van der Waals surface area (Å²) >= 11 is 0. The first-order valence-corrected chi connectivity index (χ1v) is 23.0. The molecule has 2 heterocycles. The van der Waals surface area contributed by atoms with Crippen LogP contribution in [0.1, 0.15) is 57.2 Å². The van der Waals surface area contributed by atoms with Crippen molar-refractivity contribution in [3.05, 3.63) is 211 Å². The number of aryl methyl sites for hydroxylation is 1. The van der Waals surface area contributed by atoms with Gasteiger partial charge in [0.25, 0.3) is 0 Å². The van der Waals surface area contributed by atoms with Gasteiger partial charge in [0, 0.05) is 34.0 Å². The van der Waals surface area contributed by atoms with E-state index in [0.29, 0.717) is 0 Å². The maximum absolute atomic E-state index is 2.68. The Bertz CT molecular complexity index is 3280. The predicted octanol–water partition coefficient (Wildman–Crippen LogP) is 15.2. The Labute approximate surface area is 378 Å². The van der Waals surface area contributed by atoms with Crippen LogP contribution < -0.4 is 20.6 Å². The molecule has 0 aromatic heterocycles. The Morgan fingerprint density at radius 1 is 0.438 bits per heavy atom. The molecule has 1 aliphatic carbocycles. The molecule has 9 aromatic carbocycles. The van der Waals surface area contributed by atoms with E-state index in [2.05, 4.69) is 238 Å². The van der Waals surface area contributed by atoms with Crippen LogP contribution in [0.2, 0.25) is 0 Å². The standard InChI is InChI=1S/C61H51BN2/c1-40-25-26-46(42-19-11-7-12-20-42)36-55(40)63-56-39-52-51(60(2,3)33-34-61(52,4)5)38-53(56)62-59-50(35-47(37-57(59)63)43-21-13-8-14-22-43)58-49-24-16-15-23-45(49)29-32-54(58)64(62)48-30-27-44(28-31-48)41-17-9-6-10-18-41/h6-32,35-39H,33-34H2,1-5H3. The summed E-state index contributed by atoms with van der Waals surface area (Å²) in [7, 11) is 0. The summed E-state index contributed by atoms with van der Waals surface area (Å²) in [6.07, 6.45) is 2.30. The number of anilines is 5. The maximum atomic E-state index is 2.68. The summed E-state index contributed by atoms with van der Waals surface area (Å²) in [5, 5.41) is 2.51. The fraction of sp³-hybridized carbons (Fsp3) is 0.148. The van der Waals surface area contributed by atoms with Crippen molar-refractivity contribution >= 4 is 57.0 Å². The minimum Gasteiger partial charge on any atom is -0.376 e. The monoisotopic (exact) mass is 822 g/mol. The van der Waals surface area contributed by atoms with E-state index < -0.39 is 0 Å². The van der Waals surface area contributed by atoms with Crippen molar-refractivity contribution in [1.29, 1.82) is 0 Å². The third kappa shape index (κ3) is 6.01. The molecule has 12 rings (SSSR count). The van der Waals surface area contributed by atoms with Gasteiger partial charge in [0.2, 0.25) is 0 Å². The number of benzene rings is 9. The molecule has 9 aromatic rings. The molecule has 0 amide bonds. The summed E-state index contributed by atoms with van der Waals surface area (Å²) in [6.45, 7) is 12.1. The number of fused-ring (bicyclic) bond motifs is 7. The zero-order chi connectivity index (χ0) is 43.3. The van der Waals surface area contributed by atoms with Gasteiger partial charge in [0.1, 0.15) is 0 Å². The van der Waals surface area contributed by atoms with Gasteiger partial charge in [-0.15, -0.1) is 0 Å². The largest absolute Gasteiger partial charge is 0.376 e. The van der Waals surface area contributed by atoms with Crippen LogP contribution in [-0.4, -0.2) is 6.85 Å². The average Bonchev–Trinajstić information content (AvgIpc) is 3.33. The van der Waals surface area contributed by atoms with Crippen molar-refractivity contribution in [2.75, 3.05) is 9.71 Å². The van der Waals surface area contributed by atoms with Gasteiger partial charge in [-0.25, -0.2) is 0 Å². The molecule has 0 bridgehead atoms. The van der Waals surface area contributed by atoms with Crippen molar-refractivity contribution in [1.82, 2.24) is 0 Å².